The van der Waals surface area contributed by atoms with E-state index in [1.54, 1.807) is 18.3 Å². The van der Waals surface area contributed by atoms with E-state index in [0.717, 1.165) is 31.9 Å². The van der Waals surface area contributed by atoms with Crippen LogP contribution in [0.3, 0.4) is 0 Å². The molecule has 5 heteroatoms. The van der Waals surface area contributed by atoms with Crippen LogP contribution in [0.2, 0.25) is 0 Å². The Labute approximate surface area is 140 Å². The summed E-state index contributed by atoms with van der Waals surface area (Å²) in [5.41, 5.74) is 2.62. The van der Waals surface area contributed by atoms with Crippen molar-refractivity contribution in [2.75, 3.05) is 31.2 Å². The molecular formula is C19H18N2O3. The lowest BCUT2D eigenvalue weighted by Crippen LogP contribution is -2.36. The average Bonchev–Trinajstić information content (AvgIpc) is 2.82. The van der Waals surface area contributed by atoms with Gasteiger partial charge < -0.3 is 19.7 Å². The summed E-state index contributed by atoms with van der Waals surface area (Å²) >= 11 is 0. The predicted molar refractivity (Wildman–Crippen MR) is 92.0 cm³/mol. The van der Waals surface area contributed by atoms with Gasteiger partial charge in [-0.05, 0) is 36.4 Å². The molecule has 0 bridgehead atoms. The molecule has 2 aromatic rings. The number of para-hydroxylation sites is 1. The Morgan fingerprint density at radius 2 is 1.71 bits per heavy atom. The number of rotatable bonds is 2. The molecule has 122 valence electrons. The first-order chi connectivity index (χ1) is 11.8. The van der Waals surface area contributed by atoms with Crippen molar-refractivity contribution in [2.45, 2.75) is 0 Å². The molecule has 0 unspecified atom stereocenters. The Morgan fingerprint density at radius 3 is 2.50 bits per heavy atom. The van der Waals surface area contributed by atoms with E-state index in [1.807, 2.05) is 24.3 Å². The molecule has 1 fully saturated rings. The fraction of sp³-hybridized carbons (Fsp3) is 0.211. The zero-order chi connectivity index (χ0) is 16.4. The fourth-order valence-electron chi connectivity index (χ4n) is 2.90. The minimum Gasteiger partial charge on any atom is -0.454 e. The second-order valence-electron chi connectivity index (χ2n) is 5.73. The molecular weight excluding hydrogens is 304 g/mol. The molecule has 0 aromatic heterocycles. The summed E-state index contributed by atoms with van der Waals surface area (Å²) in [5.74, 6) is 1.03. The van der Waals surface area contributed by atoms with Crippen LogP contribution in [0.1, 0.15) is 15.9 Å². The first kappa shape index (κ1) is 14.8. The topological polar surface area (TPSA) is 50.8 Å². The summed E-state index contributed by atoms with van der Waals surface area (Å²) < 4.78 is 11.3. The van der Waals surface area contributed by atoms with Crippen LogP contribution in [0.25, 0.3) is 5.76 Å². The van der Waals surface area contributed by atoms with Crippen LogP contribution in [-0.2, 0) is 4.74 Å². The molecule has 24 heavy (non-hydrogen) atoms. The SMILES string of the molecule is O=C1NC=C(c2ccc(N3CCOCC3)cc2)Oc2ccccc21. The predicted octanol–water partition coefficient (Wildman–Crippen LogP) is 2.64. The van der Waals surface area contributed by atoms with Gasteiger partial charge in [-0.25, -0.2) is 0 Å². The summed E-state index contributed by atoms with van der Waals surface area (Å²) in [6, 6.07) is 15.4. The van der Waals surface area contributed by atoms with E-state index in [-0.39, 0.29) is 5.91 Å². The first-order valence-corrected chi connectivity index (χ1v) is 8.02. The van der Waals surface area contributed by atoms with Crippen molar-refractivity contribution in [3.05, 3.63) is 65.9 Å². The maximum absolute atomic E-state index is 12.1. The third-order valence-electron chi connectivity index (χ3n) is 4.21. The second kappa shape index (κ2) is 6.37. The van der Waals surface area contributed by atoms with Gasteiger partial charge in [0.25, 0.3) is 5.91 Å². The summed E-state index contributed by atoms with van der Waals surface area (Å²) in [7, 11) is 0. The van der Waals surface area contributed by atoms with E-state index < -0.39 is 0 Å². The Morgan fingerprint density at radius 1 is 0.958 bits per heavy atom. The highest BCUT2D eigenvalue weighted by Crippen LogP contribution is 2.28. The molecule has 1 saturated heterocycles. The van der Waals surface area contributed by atoms with Gasteiger partial charge in [0.05, 0.1) is 18.8 Å². The maximum atomic E-state index is 12.1. The van der Waals surface area contributed by atoms with Crippen molar-refractivity contribution in [3.63, 3.8) is 0 Å². The average molecular weight is 322 g/mol. The Bertz CT molecular complexity index is 777. The van der Waals surface area contributed by atoms with E-state index in [0.29, 0.717) is 17.1 Å². The summed E-state index contributed by atoms with van der Waals surface area (Å²) in [5, 5.41) is 2.77. The molecule has 2 aliphatic rings. The van der Waals surface area contributed by atoms with E-state index >= 15 is 0 Å². The number of hydrogen-bond acceptors (Lipinski definition) is 4. The number of nitrogens with one attached hydrogen (secondary N) is 1. The molecule has 0 saturated carbocycles. The Kier molecular flexibility index (Phi) is 3.92. The highest BCUT2D eigenvalue weighted by molar-refractivity contribution is 5.99. The van der Waals surface area contributed by atoms with Gasteiger partial charge in [0.1, 0.15) is 5.75 Å². The van der Waals surface area contributed by atoms with Gasteiger partial charge in [-0.1, -0.05) is 12.1 Å². The number of anilines is 1. The van der Waals surface area contributed by atoms with Gasteiger partial charge in [-0.3, -0.25) is 4.79 Å². The Balaban J connectivity index is 1.58. The monoisotopic (exact) mass is 322 g/mol. The molecule has 5 nitrogen and oxygen atoms in total. The van der Waals surface area contributed by atoms with Crippen molar-refractivity contribution >= 4 is 17.4 Å². The lowest BCUT2D eigenvalue weighted by molar-refractivity contribution is 0.0970. The zero-order valence-electron chi connectivity index (χ0n) is 13.2. The van der Waals surface area contributed by atoms with E-state index in [9.17, 15) is 4.79 Å². The van der Waals surface area contributed by atoms with E-state index in [1.165, 1.54) is 5.69 Å². The zero-order valence-corrected chi connectivity index (χ0v) is 13.2. The summed E-state index contributed by atoms with van der Waals surface area (Å²) in [6.45, 7) is 3.33. The molecule has 1 amide bonds. The van der Waals surface area contributed by atoms with Crippen molar-refractivity contribution in [1.82, 2.24) is 5.32 Å². The van der Waals surface area contributed by atoms with Crippen molar-refractivity contribution < 1.29 is 14.3 Å². The number of fused-ring (bicyclic) bond motifs is 1. The second-order valence-corrected chi connectivity index (χ2v) is 5.73. The largest absolute Gasteiger partial charge is 0.454 e. The van der Waals surface area contributed by atoms with Crippen LogP contribution < -0.4 is 15.0 Å². The van der Waals surface area contributed by atoms with Crippen LogP contribution >= 0.6 is 0 Å². The number of ether oxygens (including phenoxy) is 2. The maximum Gasteiger partial charge on any atom is 0.259 e. The number of carbonyl (C=O) groups excluding carboxylic acids is 1. The molecule has 0 atom stereocenters. The molecule has 0 aliphatic carbocycles. The van der Waals surface area contributed by atoms with Crippen LogP contribution in [-0.4, -0.2) is 32.2 Å². The summed E-state index contributed by atoms with van der Waals surface area (Å²) in [4.78, 5) is 14.4. The number of morpholine rings is 1. The highest BCUT2D eigenvalue weighted by Gasteiger charge is 2.18. The smallest absolute Gasteiger partial charge is 0.259 e. The molecule has 1 N–H and O–H groups in total. The number of hydrogen-bond donors (Lipinski definition) is 1. The van der Waals surface area contributed by atoms with E-state index in [4.69, 9.17) is 9.47 Å². The van der Waals surface area contributed by atoms with Gasteiger partial charge >= 0.3 is 0 Å². The molecule has 2 heterocycles. The van der Waals surface area contributed by atoms with Gasteiger partial charge in [-0.15, -0.1) is 0 Å². The molecule has 4 rings (SSSR count). The van der Waals surface area contributed by atoms with Gasteiger partial charge in [-0.2, -0.15) is 0 Å². The van der Waals surface area contributed by atoms with E-state index in [2.05, 4.69) is 22.3 Å². The Hall–Kier alpha value is -2.79. The molecule has 0 spiro atoms. The first-order valence-electron chi connectivity index (χ1n) is 8.02. The van der Waals surface area contributed by atoms with Crippen LogP contribution in [0.15, 0.2) is 54.7 Å². The van der Waals surface area contributed by atoms with Crippen molar-refractivity contribution in [3.8, 4) is 5.75 Å². The number of carbonyl (C=O) groups is 1. The quantitative estimate of drug-likeness (QED) is 0.923. The number of benzene rings is 2. The number of amides is 1. The highest BCUT2D eigenvalue weighted by atomic mass is 16.5. The fourth-order valence-corrected chi connectivity index (χ4v) is 2.90. The lowest BCUT2D eigenvalue weighted by atomic mass is 10.1. The van der Waals surface area contributed by atoms with Crippen molar-refractivity contribution in [2.24, 2.45) is 0 Å². The standard InChI is InChI=1S/C19H18N2O3/c22-19-16-3-1-2-4-17(16)24-18(13-20-19)14-5-7-15(8-6-14)21-9-11-23-12-10-21/h1-8,13H,9-12H2,(H,20,22). The van der Waals surface area contributed by atoms with Gasteiger partial charge in [0, 0.05) is 30.5 Å². The van der Waals surface area contributed by atoms with Gasteiger partial charge in [0.15, 0.2) is 5.76 Å². The molecule has 2 aliphatic heterocycles. The molecule has 0 radical (unpaired) electrons. The third kappa shape index (κ3) is 2.86. The third-order valence-corrected chi connectivity index (χ3v) is 4.21. The van der Waals surface area contributed by atoms with Crippen LogP contribution in [0, 0.1) is 0 Å². The van der Waals surface area contributed by atoms with Gasteiger partial charge in [0.2, 0.25) is 0 Å². The lowest BCUT2D eigenvalue weighted by Gasteiger charge is -2.29. The number of nitrogens with zero attached hydrogens (tertiary/aromatic N) is 1. The normalized spacial score (nSPS) is 17.2. The minimum absolute atomic E-state index is 0.162. The molecule has 2 aromatic carbocycles. The van der Waals surface area contributed by atoms with Crippen LogP contribution in [0.5, 0.6) is 5.75 Å². The van der Waals surface area contributed by atoms with Crippen molar-refractivity contribution in [1.29, 1.82) is 0 Å². The van der Waals surface area contributed by atoms with Crippen LogP contribution in [0.4, 0.5) is 5.69 Å². The minimum atomic E-state index is -0.162. The summed E-state index contributed by atoms with van der Waals surface area (Å²) in [6.07, 6.45) is 1.62.